The first kappa shape index (κ1) is 17.7. The number of aromatic nitrogens is 4. The molecule has 6 nitrogen and oxygen atoms in total. The van der Waals surface area contributed by atoms with E-state index >= 15 is 0 Å². The van der Waals surface area contributed by atoms with Gasteiger partial charge in [0.25, 0.3) is 5.56 Å². The molecule has 138 valence electrons. The summed E-state index contributed by atoms with van der Waals surface area (Å²) in [5, 5.41) is 5.90. The Hall–Kier alpha value is -2.70. The summed E-state index contributed by atoms with van der Waals surface area (Å²) in [6.07, 6.45) is 3.48. The maximum Gasteiger partial charge on any atom is 0.261 e. The average molecular weight is 382 g/mol. The number of likely N-dealkylation sites (N-methyl/N-ethyl adjacent to an activating group) is 1. The van der Waals surface area contributed by atoms with Gasteiger partial charge in [0, 0.05) is 36.1 Å². The smallest absolute Gasteiger partial charge is 0.261 e. The summed E-state index contributed by atoms with van der Waals surface area (Å²) in [7, 11) is 3.98. The molecule has 7 heteroatoms. The molecular formula is C20H20ClN5O. The minimum atomic E-state index is -0.0510. The Balaban J connectivity index is 1.90. The van der Waals surface area contributed by atoms with Crippen LogP contribution in [0, 0.1) is 6.92 Å². The summed E-state index contributed by atoms with van der Waals surface area (Å²) in [6, 6.07) is 9.54. The lowest BCUT2D eigenvalue weighted by Crippen LogP contribution is -2.26. The minimum absolute atomic E-state index is 0.0510. The lowest BCUT2D eigenvalue weighted by Gasteiger charge is -2.12. The molecule has 0 fully saturated rings. The van der Waals surface area contributed by atoms with Gasteiger partial charge in [0.2, 0.25) is 0 Å². The van der Waals surface area contributed by atoms with E-state index in [9.17, 15) is 4.79 Å². The van der Waals surface area contributed by atoms with Gasteiger partial charge in [-0.15, -0.1) is 0 Å². The molecular weight excluding hydrogens is 362 g/mol. The van der Waals surface area contributed by atoms with E-state index in [-0.39, 0.29) is 5.56 Å². The van der Waals surface area contributed by atoms with Crippen molar-refractivity contribution in [2.45, 2.75) is 13.5 Å². The predicted octanol–water partition coefficient (Wildman–Crippen LogP) is 3.23. The van der Waals surface area contributed by atoms with Crippen LogP contribution in [-0.2, 0) is 6.54 Å². The van der Waals surface area contributed by atoms with Crippen LogP contribution in [0.15, 0.2) is 47.5 Å². The highest BCUT2D eigenvalue weighted by Gasteiger charge is 2.16. The summed E-state index contributed by atoms with van der Waals surface area (Å²) in [5.41, 5.74) is 4.24. The average Bonchev–Trinajstić information content (AvgIpc) is 2.98. The molecule has 4 rings (SSSR count). The lowest BCUT2D eigenvalue weighted by atomic mass is 10.1. The van der Waals surface area contributed by atoms with Crippen LogP contribution in [0.25, 0.3) is 27.7 Å². The molecule has 4 aromatic rings. The van der Waals surface area contributed by atoms with Crippen molar-refractivity contribution in [3.63, 3.8) is 0 Å². The Morgan fingerprint density at radius 2 is 1.89 bits per heavy atom. The monoisotopic (exact) mass is 381 g/mol. The summed E-state index contributed by atoms with van der Waals surface area (Å²) in [6.45, 7) is 3.37. The lowest BCUT2D eigenvalue weighted by molar-refractivity contribution is 0.381. The van der Waals surface area contributed by atoms with Crippen molar-refractivity contribution in [2.75, 3.05) is 20.6 Å². The number of fused-ring (bicyclic) bond motifs is 3. The van der Waals surface area contributed by atoms with Gasteiger partial charge >= 0.3 is 0 Å². The van der Waals surface area contributed by atoms with Crippen LogP contribution in [0.2, 0.25) is 5.02 Å². The van der Waals surface area contributed by atoms with Crippen LogP contribution >= 0.6 is 11.6 Å². The van der Waals surface area contributed by atoms with Crippen molar-refractivity contribution in [1.82, 2.24) is 24.1 Å². The number of nitrogens with zero attached hydrogens (tertiary/aromatic N) is 5. The Morgan fingerprint density at radius 1 is 1.15 bits per heavy atom. The molecule has 3 aromatic heterocycles. The molecule has 0 radical (unpaired) electrons. The molecule has 0 N–H and O–H groups in total. The third kappa shape index (κ3) is 3.11. The van der Waals surface area contributed by atoms with Gasteiger partial charge in [-0.3, -0.25) is 4.79 Å². The summed E-state index contributed by atoms with van der Waals surface area (Å²) in [5.74, 6) is 0. The van der Waals surface area contributed by atoms with Crippen LogP contribution in [0.5, 0.6) is 0 Å². The SMILES string of the molecule is Cc1nn2c(ncc3c(=O)n(CCN(C)C)ccc32)c1-c1ccc(Cl)cc1. The number of halogens is 1. The van der Waals surface area contributed by atoms with Crippen LogP contribution in [0.4, 0.5) is 0 Å². The van der Waals surface area contributed by atoms with Gasteiger partial charge in [-0.05, 0) is 44.8 Å². The standard InChI is InChI=1S/C20H20ClN5O/c1-13-18(14-4-6-15(21)7-5-14)19-22-12-16-17(26(19)23-13)8-9-25(20(16)27)11-10-24(2)3/h4-9,12H,10-11H2,1-3H3. The Bertz CT molecular complexity index is 1190. The zero-order valence-corrected chi connectivity index (χ0v) is 16.2. The number of hydrogen-bond donors (Lipinski definition) is 0. The van der Waals surface area contributed by atoms with Crippen LogP contribution in [0.1, 0.15) is 5.69 Å². The molecule has 0 saturated heterocycles. The Morgan fingerprint density at radius 3 is 2.59 bits per heavy atom. The number of benzene rings is 1. The molecule has 0 spiro atoms. The molecule has 0 aliphatic heterocycles. The molecule has 0 bridgehead atoms. The number of hydrogen-bond acceptors (Lipinski definition) is 4. The molecule has 3 heterocycles. The van der Waals surface area contributed by atoms with E-state index in [1.165, 1.54) is 0 Å². The van der Waals surface area contributed by atoms with Crippen LogP contribution < -0.4 is 5.56 Å². The highest BCUT2D eigenvalue weighted by Crippen LogP contribution is 2.29. The molecule has 0 amide bonds. The molecule has 0 atom stereocenters. The minimum Gasteiger partial charge on any atom is -0.314 e. The summed E-state index contributed by atoms with van der Waals surface area (Å²) >= 11 is 6.01. The zero-order valence-electron chi connectivity index (χ0n) is 15.5. The first-order chi connectivity index (χ1) is 13.0. The highest BCUT2D eigenvalue weighted by atomic mass is 35.5. The molecule has 0 aliphatic rings. The predicted molar refractivity (Wildman–Crippen MR) is 108 cm³/mol. The van der Waals surface area contributed by atoms with Crippen molar-refractivity contribution in [3.05, 3.63) is 63.8 Å². The van der Waals surface area contributed by atoms with Crippen molar-refractivity contribution in [2.24, 2.45) is 0 Å². The van der Waals surface area contributed by atoms with Gasteiger partial charge in [-0.25, -0.2) is 9.50 Å². The van der Waals surface area contributed by atoms with Crippen molar-refractivity contribution >= 4 is 28.2 Å². The molecule has 27 heavy (non-hydrogen) atoms. The fourth-order valence-electron chi connectivity index (χ4n) is 3.25. The van der Waals surface area contributed by atoms with Crippen LogP contribution in [0.3, 0.4) is 0 Å². The van der Waals surface area contributed by atoms with E-state index in [0.29, 0.717) is 17.0 Å². The van der Waals surface area contributed by atoms with Crippen molar-refractivity contribution in [3.8, 4) is 11.1 Å². The van der Waals surface area contributed by atoms with Crippen molar-refractivity contribution < 1.29 is 0 Å². The fraction of sp³-hybridized carbons (Fsp3) is 0.250. The second kappa shape index (κ2) is 6.79. The van der Waals surface area contributed by atoms with E-state index in [1.54, 1.807) is 15.3 Å². The normalized spacial score (nSPS) is 11.7. The van der Waals surface area contributed by atoms with E-state index in [2.05, 4.69) is 10.1 Å². The maximum atomic E-state index is 12.8. The zero-order chi connectivity index (χ0) is 19.1. The molecule has 0 unspecified atom stereocenters. The first-order valence-electron chi connectivity index (χ1n) is 8.74. The van der Waals surface area contributed by atoms with Gasteiger partial charge in [0.15, 0.2) is 5.65 Å². The third-order valence-electron chi connectivity index (χ3n) is 4.68. The molecule has 0 aliphatic carbocycles. The maximum absolute atomic E-state index is 12.8. The molecule has 0 saturated carbocycles. The molecule has 1 aromatic carbocycles. The van der Waals surface area contributed by atoms with Crippen LogP contribution in [-0.4, -0.2) is 44.7 Å². The Kier molecular flexibility index (Phi) is 4.45. The number of rotatable bonds is 4. The van der Waals surface area contributed by atoms with E-state index in [0.717, 1.165) is 34.5 Å². The van der Waals surface area contributed by atoms with E-state index < -0.39 is 0 Å². The highest BCUT2D eigenvalue weighted by molar-refractivity contribution is 6.30. The summed E-state index contributed by atoms with van der Waals surface area (Å²) in [4.78, 5) is 19.5. The van der Waals surface area contributed by atoms with Crippen molar-refractivity contribution in [1.29, 1.82) is 0 Å². The number of pyridine rings is 1. The van der Waals surface area contributed by atoms with Gasteiger partial charge in [-0.1, -0.05) is 23.7 Å². The Labute approximate surface area is 161 Å². The quantitative estimate of drug-likeness (QED) is 0.544. The van der Waals surface area contributed by atoms with Gasteiger partial charge < -0.3 is 9.47 Å². The largest absolute Gasteiger partial charge is 0.314 e. The van der Waals surface area contributed by atoms with E-state index in [1.807, 2.05) is 62.4 Å². The fourth-order valence-corrected chi connectivity index (χ4v) is 3.38. The summed E-state index contributed by atoms with van der Waals surface area (Å²) < 4.78 is 3.47. The van der Waals surface area contributed by atoms with Gasteiger partial charge in [0.05, 0.1) is 16.6 Å². The number of aryl methyl sites for hydroxylation is 1. The first-order valence-corrected chi connectivity index (χ1v) is 9.11. The van der Waals surface area contributed by atoms with Gasteiger partial charge in [-0.2, -0.15) is 5.10 Å². The van der Waals surface area contributed by atoms with Gasteiger partial charge in [0.1, 0.15) is 0 Å². The second-order valence-corrected chi connectivity index (χ2v) is 7.31. The third-order valence-corrected chi connectivity index (χ3v) is 4.93. The second-order valence-electron chi connectivity index (χ2n) is 6.88. The van der Waals surface area contributed by atoms with E-state index in [4.69, 9.17) is 11.6 Å². The topological polar surface area (TPSA) is 55.4 Å².